The maximum atomic E-state index is 11.9. The molecule has 0 aliphatic rings. The highest BCUT2D eigenvalue weighted by molar-refractivity contribution is 7.15. The first-order valence-electron chi connectivity index (χ1n) is 5.86. The van der Waals surface area contributed by atoms with Gasteiger partial charge in [-0.05, 0) is 18.2 Å². The van der Waals surface area contributed by atoms with E-state index in [1.165, 1.54) is 17.4 Å². The average molecular weight is 288 g/mol. The van der Waals surface area contributed by atoms with Crippen LogP contribution in [0.4, 0.5) is 11.4 Å². The summed E-state index contributed by atoms with van der Waals surface area (Å²) in [5, 5.41) is 1.94. The Labute approximate surface area is 118 Å². The van der Waals surface area contributed by atoms with Gasteiger partial charge in [0, 0.05) is 29.1 Å². The molecular formula is C13H12N4O2S. The van der Waals surface area contributed by atoms with Crippen LogP contribution >= 0.6 is 11.3 Å². The number of rotatable bonds is 3. The first-order valence-corrected chi connectivity index (χ1v) is 6.74. The number of aromatic nitrogens is 2. The Bertz CT molecular complexity index is 749. The van der Waals surface area contributed by atoms with Crippen molar-refractivity contribution in [1.82, 2.24) is 9.38 Å². The van der Waals surface area contributed by atoms with Crippen LogP contribution in [0.2, 0.25) is 0 Å². The number of thiazole rings is 1. The van der Waals surface area contributed by atoms with Gasteiger partial charge in [-0.25, -0.2) is 9.78 Å². The van der Waals surface area contributed by atoms with Gasteiger partial charge < -0.3 is 16.2 Å². The fraction of sp³-hybridized carbons (Fsp3) is 0.0769. The van der Waals surface area contributed by atoms with Crippen molar-refractivity contribution >= 4 is 33.6 Å². The molecule has 3 rings (SSSR count). The minimum Gasteiger partial charge on any atom is -0.455 e. The van der Waals surface area contributed by atoms with Crippen molar-refractivity contribution in [3.8, 4) is 0 Å². The van der Waals surface area contributed by atoms with E-state index in [0.717, 1.165) is 4.96 Å². The van der Waals surface area contributed by atoms with Gasteiger partial charge in [0.05, 0.1) is 11.3 Å². The standard InChI is InChI=1S/C13H12N4O2S/c14-8-1-2-10(11(15)5-8)12(18)19-7-9-6-17-3-4-20-13(17)16-9/h1-6H,7,14-15H2. The van der Waals surface area contributed by atoms with Crippen molar-refractivity contribution in [3.05, 3.63) is 47.2 Å². The third-order valence-electron chi connectivity index (χ3n) is 2.79. The number of hydrogen-bond donors (Lipinski definition) is 2. The number of hydrogen-bond acceptors (Lipinski definition) is 6. The molecule has 0 bridgehead atoms. The fourth-order valence-corrected chi connectivity index (χ4v) is 2.55. The summed E-state index contributed by atoms with van der Waals surface area (Å²) in [4.78, 5) is 17.1. The third-order valence-corrected chi connectivity index (χ3v) is 3.56. The number of nitrogens with two attached hydrogens (primary N) is 2. The Morgan fingerprint density at radius 2 is 2.25 bits per heavy atom. The largest absolute Gasteiger partial charge is 0.455 e. The van der Waals surface area contributed by atoms with Crippen LogP contribution in [0.5, 0.6) is 0 Å². The van der Waals surface area contributed by atoms with Crippen LogP contribution in [0.25, 0.3) is 4.96 Å². The molecule has 102 valence electrons. The summed E-state index contributed by atoms with van der Waals surface area (Å²) in [5.74, 6) is -0.487. The Kier molecular flexibility index (Phi) is 3.03. The molecule has 0 spiro atoms. The van der Waals surface area contributed by atoms with Gasteiger partial charge in [0.25, 0.3) is 0 Å². The average Bonchev–Trinajstić information content (AvgIpc) is 2.96. The number of carbonyl (C=O) groups excluding carboxylic acids is 1. The second-order valence-corrected chi connectivity index (χ2v) is 5.12. The van der Waals surface area contributed by atoms with Crippen LogP contribution < -0.4 is 11.5 Å². The van der Waals surface area contributed by atoms with Gasteiger partial charge in [-0.1, -0.05) is 0 Å². The minimum atomic E-state index is -0.487. The number of anilines is 2. The van der Waals surface area contributed by atoms with E-state index in [9.17, 15) is 4.79 Å². The molecule has 0 saturated heterocycles. The second kappa shape index (κ2) is 4.86. The van der Waals surface area contributed by atoms with E-state index in [1.807, 2.05) is 22.2 Å². The number of ether oxygens (including phenoxy) is 1. The maximum absolute atomic E-state index is 11.9. The van der Waals surface area contributed by atoms with Crippen molar-refractivity contribution in [1.29, 1.82) is 0 Å². The molecule has 0 atom stereocenters. The number of nitrogen functional groups attached to an aromatic ring is 2. The van der Waals surface area contributed by atoms with Crippen molar-refractivity contribution in [2.45, 2.75) is 6.61 Å². The zero-order valence-corrected chi connectivity index (χ0v) is 11.3. The first kappa shape index (κ1) is 12.5. The predicted octanol–water partition coefficient (Wildman–Crippen LogP) is 1.92. The lowest BCUT2D eigenvalue weighted by Gasteiger charge is -2.06. The molecular weight excluding hydrogens is 276 g/mol. The lowest BCUT2D eigenvalue weighted by atomic mass is 10.1. The van der Waals surface area contributed by atoms with E-state index in [-0.39, 0.29) is 6.61 Å². The van der Waals surface area contributed by atoms with Crippen LogP contribution in [0.3, 0.4) is 0 Å². The molecule has 0 radical (unpaired) electrons. The molecule has 20 heavy (non-hydrogen) atoms. The number of fused-ring (bicyclic) bond motifs is 1. The first-order chi connectivity index (χ1) is 9.63. The van der Waals surface area contributed by atoms with Crippen LogP contribution in [0.1, 0.15) is 16.1 Å². The monoisotopic (exact) mass is 288 g/mol. The Morgan fingerprint density at radius 1 is 1.40 bits per heavy atom. The number of carbonyl (C=O) groups is 1. The van der Waals surface area contributed by atoms with E-state index in [0.29, 0.717) is 22.6 Å². The van der Waals surface area contributed by atoms with E-state index in [1.54, 1.807) is 12.1 Å². The van der Waals surface area contributed by atoms with E-state index in [4.69, 9.17) is 16.2 Å². The molecule has 0 aliphatic heterocycles. The highest BCUT2D eigenvalue weighted by Crippen LogP contribution is 2.18. The molecule has 6 nitrogen and oxygen atoms in total. The van der Waals surface area contributed by atoms with E-state index >= 15 is 0 Å². The lowest BCUT2D eigenvalue weighted by molar-refractivity contribution is 0.0469. The van der Waals surface area contributed by atoms with E-state index < -0.39 is 5.97 Å². The summed E-state index contributed by atoms with van der Waals surface area (Å²) < 4.78 is 7.08. The third kappa shape index (κ3) is 2.30. The van der Waals surface area contributed by atoms with Crippen molar-refractivity contribution < 1.29 is 9.53 Å². The molecule has 0 amide bonds. The van der Waals surface area contributed by atoms with Gasteiger partial charge in [0.1, 0.15) is 6.61 Å². The van der Waals surface area contributed by atoms with Crippen LogP contribution in [-0.4, -0.2) is 15.4 Å². The zero-order valence-electron chi connectivity index (χ0n) is 10.4. The number of esters is 1. The number of benzene rings is 1. The van der Waals surface area contributed by atoms with Gasteiger partial charge in [0.15, 0.2) is 4.96 Å². The summed E-state index contributed by atoms with van der Waals surface area (Å²) in [6, 6.07) is 4.70. The highest BCUT2D eigenvalue weighted by Gasteiger charge is 2.12. The van der Waals surface area contributed by atoms with Gasteiger partial charge in [0.2, 0.25) is 0 Å². The smallest absolute Gasteiger partial charge is 0.340 e. The van der Waals surface area contributed by atoms with Gasteiger partial charge in [-0.15, -0.1) is 11.3 Å². The summed E-state index contributed by atoms with van der Waals surface area (Å²) in [6.45, 7) is 0.108. The molecule has 2 aromatic heterocycles. The van der Waals surface area contributed by atoms with Crippen molar-refractivity contribution in [2.75, 3.05) is 11.5 Å². The number of imidazole rings is 1. The van der Waals surface area contributed by atoms with E-state index in [2.05, 4.69) is 4.98 Å². The SMILES string of the molecule is Nc1ccc(C(=O)OCc2cn3ccsc3n2)c(N)c1. The number of nitrogens with zero attached hydrogens (tertiary/aromatic N) is 2. The minimum absolute atomic E-state index is 0.108. The molecule has 0 aliphatic carbocycles. The fourth-order valence-electron chi connectivity index (χ4n) is 1.83. The molecule has 2 heterocycles. The van der Waals surface area contributed by atoms with Crippen LogP contribution in [-0.2, 0) is 11.3 Å². The van der Waals surface area contributed by atoms with Crippen LogP contribution in [0.15, 0.2) is 36.0 Å². The quantitative estimate of drug-likeness (QED) is 0.567. The van der Waals surface area contributed by atoms with Gasteiger partial charge >= 0.3 is 5.97 Å². The van der Waals surface area contributed by atoms with Gasteiger partial charge in [-0.2, -0.15) is 0 Å². The predicted molar refractivity (Wildman–Crippen MR) is 77.5 cm³/mol. The normalized spacial score (nSPS) is 10.8. The van der Waals surface area contributed by atoms with Crippen molar-refractivity contribution in [3.63, 3.8) is 0 Å². The molecule has 0 saturated carbocycles. The molecule has 0 unspecified atom stereocenters. The van der Waals surface area contributed by atoms with Crippen molar-refractivity contribution in [2.24, 2.45) is 0 Å². The molecule has 1 aromatic carbocycles. The summed E-state index contributed by atoms with van der Waals surface area (Å²) >= 11 is 1.52. The zero-order chi connectivity index (χ0) is 14.1. The molecule has 7 heteroatoms. The Morgan fingerprint density at radius 3 is 3.00 bits per heavy atom. The van der Waals surface area contributed by atoms with Crippen LogP contribution in [0, 0.1) is 0 Å². The van der Waals surface area contributed by atoms with Gasteiger partial charge in [-0.3, -0.25) is 4.40 Å². The maximum Gasteiger partial charge on any atom is 0.340 e. The molecule has 4 N–H and O–H groups in total. The lowest BCUT2D eigenvalue weighted by Crippen LogP contribution is -2.08. The topological polar surface area (TPSA) is 95.6 Å². The highest BCUT2D eigenvalue weighted by atomic mass is 32.1. The molecule has 3 aromatic rings. The Hall–Kier alpha value is -2.54. The molecule has 0 fully saturated rings. The Balaban J connectivity index is 1.71. The summed E-state index contributed by atoms with van der Waals surface area (Å²) in [5.41, 5.74) is 13.1. The summed E-state index contributed by atoms with van der Waals surface area (Å²) in [7, 11) is 0. The summed E-state index contributed by atoms with van der Waals surface area (Å²) in [6.07, 6.45) is 3.72. The second-order valence-electron chi connectivity index (χ2n) is 4.25.